The van der Waals surface area contributed by atoms with Crippen LogP contribution in [0.3, 0.4) is 0 Å². The number of carbonyl (C=O) groups is 1. The van der Waals surface area contributed by atoms with Gasteiger partial charge in [-0.2, -0.15) is 0 Å². The average Bonchev–Trinajstić information content (AvgIpc) is 2.22. The maximum absolute atomic E-state index is 11.8. The zero-order valence-corrected chi connectivity index (χ0v) is 10.6. The molecule has 0 amide bonds. The van der Waals surface area contributed by atoms with Crippen LogP contribution in [0.25, 0.3) is 0 Å². The van der Waals surface area contributed by atoms with E-state index >= 15 is 0 Å². The summed E-state index contributed by atoms with van der Waals surface area (Å²) in [6.45, 7) is 8.22. The summed E-state index contributed by atoms with van der Waals surface area (Å²) in [4.78, 5) is 11.8. The molecule has 2 aliphatic rings. The van der Waals surface area contributed by atoms with Gasteiger partial charge in [0.15, 0.2) is 0 Å². The normalized spacial score (nSPS) is 36.2. The van der Waals surface area contributed by atoms with Crippen LogP contribution in [0.5, 0.6) is 0 Å². The minimum Gasteiger partial charge on any atom is -0.463 e. The van der Waals surface area contributed by atoms with Crippen LogP contribution in [-0.2, 0) is 9.53 Å². The molecule has 3 nitrogen and oxygen atoms in total. The number of ether oxygens (including phenoxy) is 1. The number of morpholine rings is 1. The lowest BCUT2D eigenvalue weighted by molar-refractivity contribution is -0.159. The largest absolute Gasteiger partial charge is 0.463 e. The molecule has 1 saturated heterocycles. The van der Waals surface area contributed by atoms with Crippen LogP contribution in [0.2, 0.25) is 0 Å². The van der Waals surface area contributed by atoms with E-state index in [9.17, 15) is 4.79 Å². The smallest absolute Gasteiger partial charge is 0.326 e. The van der Waals surface area contributed by atoms with Gasteiger partial charge in [0, 0.05) is 6.54 Å². The molecule has 0 unspecified atom stereocenters. The van der Waals surface area contributed by atoms with Crippen molar-refractivity contribution in [3.8, 4) is 0 Å². The van der Waals surface area contributed by atoms with Crippen LogP contribution in [0.15, 0.2) is 0 Å². The Balaban J connectivity index is 2.00. The summed E-state index contributed by atoms with van der Waals surface area (Å²) in [5.41, 5.74) is 0.0141. The Morgan fingerprint density at radius 1 is 1.31 bits per heavy atom. The van der Waals surface area contributed by atoms with Crippen LogP contribution in [0.4, 0.5) is 0 Å². The Kier molecular flexibility index (Phi) is 2.99. The van der Waals surface area contributed by atoms with Gasteiger partial charge < -0.3 is 4.74 Å². The van der Waals surface area contributed by atoms with E-state index < -0.39 is 0 Å². The Hall–Kier alpha value is -0.570. The Morgan fingerprint density at radius 2 is 1.94 bits per heavy atom. The number of hydrogen-bond acceptors (Lipinski definition) is 3. The monoisotopic (exact) mass is 225 g/mol. The van der Waals surface area contributed by atoms with Crippen molar-refractivity contribution in [2.24, 2.45) is 11.3 Å². The summed E-state index contributed by atoms with van der Waals surface area (Å²) in [7, 11) is 0. The molecule has 92 valence electrons. The molecule has 1 N–H and O–H groups in total. The molecule has 1 saturated carbocycles. The Labute approximate surface area is 97.9 Å². The van der Waals surface area contributed by atoms with Gasteiger partial charge in [-0.05, 0) is 37.0 Å². The zero-order valence-electron chi connectivity index (χ0n) is 10.6. The first-order valence-electron chi connectivity index (χ1n) is 6.36. The maximum atomic E-state index is 11.8. The zero-order chi connectivity index (χ0) is 11.8. The van der Waals surface area contributed by atoms with E-state index in [2.05, 4.69) is 26.1 Å². The molecular formula is C13H23NO2. The summed E-state index contributed by atoms with van der Waals surface area (Å²) in [6.07, 6.45) is 4.14. The molecular weight excluding hydrogens is 202 g/mol. The predicted octanol–water partition coefficient (Wildman–Crippen LogP) is 2.11. The first-order chi connectivity index (χ1) is 7.44. The summed E-state index contributed by atoms with van der Waals surface area (Å²) in [5, 5.41) is 3.38. The van der Waals surface area contributed by atoms with E-state index in [1.165, 1.54) is 0 Å². The molecule has 2 fully saturated rings. The fourth-order valence-corrected chi connectivity index (χ4v) is 3.00. The number of hydrogen-bond donors (Lipinski definition) is 1. The second kappa shape index (κ2) is 4.02. The highest BCUT2D eigenvalue weighted by Crippen LogP contribution is 2.42. The molecule has 2 rings (SSSR count). The van der Waals surface area contributed by atoms with Crippen LogP contribution >= 0.6 is 0 Å². The first kappa shape index (κ1) is 11.9. The second-order valence-corrected chi connectivity index (χ2v) is 6.29. The van der Waals surface area contributed by atoms with Gasteiger partial charge in [-0.3, -0.25) is 10.1 Å². The van der Waals surface area contributed by atoms with Gasteiger partial charge in [0.05, 0.1) is 0 Å². The Bertz CT molecular complexity index is 272. The third-order valence-corrected chi connectivity index (χ3v) is 4.25. The van der Waals surface area contributed by atoms with Gasteiger partial charge in [-0.25, -0.2) is 0 Å². The van der Waals surface area contributed by atoms with Crippen LogP contribution in [0.1, 0.15) is 46.5 Å². The Morgan fingerprint density at radius 3 is 2.44 bits per heavy atom. The summed E-state index contributed by atoms with van der Waals surface area (Å²) < 4.78 is 5.19. The van der Waals surface area contributed by atoms with Crippen molar-refractivity contribution in [3.63, 3.8) is 0 Å². The third kappa shape index (κ3) is 2.10. The van der Waals surface area contributed by atoms with Crippen molar-refractivity contribution in [3.05, 3.63) is 0 Å². The summed E-state index contributed by atoms with van der Waals surface area (Å²) >= 11 is 0. The molecule has 1 aliphatic carbocycles. The number of nitrogens with one attached hydrogen (secondary N) is 1. The number of rotatable bonds is 0. The third-order valence-electron chi connectivity index (χ3n) is 4.25. The predicted molar refractivity (Wildman–Crippen MR) is 63.1 cm³/mol. The van der Waals surface area contributed by atoms with Crippen LogP contribution in [0, 0.1) is 11.3 Å². The lowest BCUT2D eigenvalue weighted by atomic mass is 9.67. The molecule has 1 aliphatic heterocycles. The molecule has 1 spiro atoms. The fraction of sp³-hybridized carbons (Fsp3) is 0.923. The van der Waals surface area contributed by atoms with Crippen molar-refractivity contribution in [1.29, 1.82) is 0 Å². The van der Waals surface area contributed by atoms with Crippen molar-refractivity contribution in [1.82, 2.24) is 5.32 Å². The topological polar surface area (TPSA) is 38.3 Å². The summed E-state index contributed by atoms with van der Waals surface area (Å²) in [6, 6.07) is 0. The van der Waals surface area contributed by atoms with E-state index in [4.69, 9.17) is 4.74 Å². The molecule has 16 heavy (non-hydrogen) atoms. The SMILES string of the molecule is CC(C)(C)C1CCC2(CC1)NCCOC2=O. The van der Waals surface area contributed by atoms with E-state index in [1.807, 2.05) is 0 Å². The second-order valence-electron chi connectivity index (χ2n) is 6.29. The van der Waals surface area contributed by atoms with Gasteiger partial charge in [-0.15, -0.1) is 0 Å². The molecule has 0 aromatic rings. The molecule has 0 radical (unpaired) electrons. The van der Waals surface area contributed by atoms with Crippen LogP contribution < -0.4 is 5.32 Å². The van der Waals surface area contributed by atoms with E-state index in [0.717, 1.165) is 38.1 Å². The highest BCUT2D eigenvalue weighted by atomic mass is 16.5. The lowest BCUT2D eigenvalue weighted by Crippen LogP contribution is -2.59. The van der Waals surface area contributed by atoms with Crippen molar-refractivity contribution in [2.45, 2.75) is 52.0 Å². The maximum Gasteiger partial charge on any atom is 0.326 e. The van der Waals surface area contributed by atoms with Gasteiger partial charge in [0.25, 0.3) is 0 Å². The highest BCUT2D eigenvalue weighted by Gasteiger charge is 2.46. The standard InChI is InChI=1S/C13H23NO2/c1-12(2,3)10-4-6-13(7-5-10)11(15)16-9-8-14-13/h10,14H,4-9H2,1-3H3. The highest BCUT2D eigenvalue weighted by molar-refractivity contribution is 5.81. The van der Waals surface area contributed by atoms with Gasteiger partial charge in [0.2, 0.25) is 0 Å². The van der Waals surface area contributed by atoms with E-state index in [-0.39, 0.29) is 11.5 Å². The van der Waals surface area contributed by atoms with E-state index in [0.29, 0.717) is 12.0 Å². The molecule has 1 heterocycles. The number of cyclic esters (lactones) is 1. The summed E-state index contributed by atoms with van der Waals surface area (Å²) in [5.74, 6) is 0.709. The van der Waals surface area contributed by atoms with E-state index in [1.54, 1.807) is 0 Å². The minimum atomic E-state index is -0.347. The van der Waals surface area contributed by atoms with Gasteiger partial charge >= 0.3 is 5.97 Å². The van der Waals surface area contributed by atoms with Crippen molar-refractivity contribution >= 4 is 5.97 Å². The lowest BCUT2D eigenvalue weighted by Gasteiger charge is -2.44. The molecule has 0 aromatic carbocycles. The molecule has 0 bridgehead atoms. The minimum absolute atomic E-state index is 0.0221. The average molecular weight is 225 g/mol. The van der Waals surface area contributed by atoms with Crippen molar-refractivity contribution in [2.75, 3.05) is 13.2 Å². The van der Waals surface area contributed by atoms with Crippen LogP contribution in [-0.4, -0.2) is 24.7 Å². The fourth-order valence-electron chi connectivity index (χ4n) is 3.00. The molecule has 3 heteroatoms. The number of carbonyl (C=O) groups excluding carboxylic acids is 1. The molecule has 0 atom stereocenters. The van der Waals surface area contributed by atoms with Gasteiger partial charge in [0.1, 0.15) is 12.1 Å². The number of esters is 1. The van der Waals surface area contributed by atoms with Gasteiger partial charge in [-0.1, -0.05) is 20.8 Å². The quantitative estimate of drug-likeness (QED) is 0.642. The molecule has 0 aromatic heterocycles. The van der Waals surface area contributed by atoms with Crippen molar-refractivity contribution < 1.29 is 9.53 Å². The first-order valence-corrected chi connectivity index (χ1v) is 6.36.